The number of nitrogens with two attached hydrogens (primary N) is 2. The van der Waals surface area contributed by atoms with Gasteiger partial charge in [-0.2, -0.15) is 0 Å². The Kier molecular flexibility index (Phi) is 13.2. The zero-order valence-corrected chi connectivity index (χ0v) is 34.3. The van der Waals surface area contributed by atoms with Crippen molar-refractivity contribution in [3.05, 3.63) is 33.5 Å². The minimum Gasteiger partial charge on any atom is -0.474 e. The van der Waals surface area contributed by atoms with E-state index in [1.54, 1.807) is 35.3 Å². The maximum atomic E-state index is 11.3. The van der Waals surface area contributed by atoms with Gasteiger partial charge in [0.2, 0.25) is 23.6 Å². The first-order valence-corrected chi connectivity index (χ1v) is 22.1. The lowest BCUT2D eigenvalue weighted by Crippen LogP contribution is -2.35. The highest BCUT2D eigenvalue weighted by Crippen LogP contribution is 2.48. The van der Waals surface area contributed by atoms with Crippen LogP contribution in [0.3, 0.4) is 0 Å². The van der Waals surface area contributed by atoms with Gasteiger partial charge in [0.1, 0.15) is 34.5 Å². The van der Waals surface area contributed by atoms with Gasteiger partial charge in [0, 0.05) is 34.7 Å². The molecule has 8 rings (SSSR count). The standard InChI is InChI=1S/C21H30N4O2S.C20H28N4O2S/c1-25(2)14-7-9-15(10-8-14)27-20-19-18-13(6-11-17(22)26)4-3-5-16(18)28-21(19)24-12-23-20;1-22-13-6-8-14(9-7-13)26-19-18-17-12(5-10-16(21)25)3-2-4-15(17)27-20(18)24-11-23-19/h12-15H,3-11H2,1-2H3,(H2,22,26);11-14,22H,2-10H2,1H3,(H2,21,25)/t13-,14?,15?;12-,13?,14?/m11/s1. The van der Waals surface area contributed by atoms with E-state index >= 15 is 0 Å². The Hall–Kier alpha value is -3.46. The Labute approximate surface area is 332 Å². The van der Waals surface area contributed by atoms with Crippen molar-refractivity contribution in [2.24, 2.45) is 11.5 Å². The lowest BCUT2D eigenvalue weighted by molar-refractivity contribution is -0.119. The number of nitrogens with zero attached hydrogens (tertiary/aromatic N) is 5. The first-order chi connectivity index (χ1) is 26.7. The Morgan fingerprint density at radius 1 is 0.709 bits per heavy atom. The third-order valence-electron chi connectivity index (χ3n) is 12.4. The molecule has 2 fully saturated rings. The molecule has 0 aliphatic heterocycles. The second kappa shape index (κ2) is 18.2. The highest BCUT2D eigenvalue weighted by Gasteiger charge is 2.32. The molecule has 12 nitrogen and oxygen atoms in total. The molecule has 4 aromatic rings. The van der Waals surface area contributed by atoms with E-state index in [-0.39, 0.29) is 24.0 Å². The minimum absolute atomic E-state index is 0.218. The third kappa shape index (κ3) is 9.40. The van der Waals surface area contributed by atoms with Crippen molar-refractivity contribution in [1.29, 1.82) is 0 Å². The smallest absolute Gasteiger partial charge is 0.225 e. The number of ether oxygens (including phenoxy) is 2. The monoisotopic (exact) mass is 790 g/mol. The molecule has 0 aromatic carbocycles. The number of rotatable bonds is 12. The molecule has 5 N–H and O–H groups in total. The van der Waals surface area contributed by atoms with Crippen LogP contribution in [0.5, 0.6) is 11.8 Å². The number of aromatic nitrogens is 4. The normalized spacial score (nSPS) is 25.2. The van der Waals surface area contributed by atoms with Gasteiger partial charge >= 0.3 is 0 Å². The van der Waals surface area contributed by atoms with Crippen molar-refractivity contribution in [2.75, 3.05) is 21.1 Å². The molecule has 4 aliphatic carbocycles. The summed E-state index contributed by atoms with van der Waals surface area (Å²) in [4.78, 5) is 47.9. The number of amides is 2. The number of nitrogens with one attached hydrogen (secondary N) is 1. The molecule has 0 bridgehead atoms. The number of carbonyl (C=O) groups is 2. The fraction of sp³-hybridized carbons (Fsp3) is 0.659. The highest BCUT2D eigenvalue weighted by molar-refractivity contribution is 7.19. The van der Waals surface area contributed by atoms with Gasteiger partial charge < -0.3 is 31.2 Å². The molecule has 0 saturated heterocycles. The zero-order chi connectivity index (χ0) is 38.5. The number of thiophene rings is 2. The predicted molar refractivity (Wildman–Crippen MR) is 219 cm³/mol. The van der Waals surface area contributed by atoms with Crippen molar-refractivity contribution >= 4 is 54.9 Å². The minimum atomic E-state index is -0.226. The number of hydrogen-bond donors (Lipinski definition) is 3. The average molecular weight is 791 g/mol. The van der Waals surface area contributed by atoms with Crippen LogP contribution in [0, 0.1) is 0 Å². The first kappa shape index (κ1) is 39.8. The quantitative estimate of drug-likeness (QED) is 0.137. The van der Waals surface area contributed by atoms with E-state index in [2.05, 4.69) is 44.2 Å². The molecular formula is C41H58N8O4S2. The van der Waals surface area contributed by atoms with E-state index in [0.29, 0.717) is 36.8 Å². The molecular weight excluding hydrogens is 733 g/mol. The van der Waals surface area contributed by atoms with Gasteiger partial charge in [0.15, 0.2) is 0 Å². The Morgan fingerprint density at radius 3 is 1.58 bits per heavy atom. The number of hydrogen-bond acceptors (Lipinski definition) is 12. The Morgan fingerprint density at radius 2 is 1.16 bits per heavy atom. The number of aryl methyl sites for hydroxylation is 2. The van der Waals surface area contributed by atoms with E-state index in [0.717, 1.165) is 135 Å². The van der Waals surface area contributed by atoms with Gasteiger partial charge in [-0.3, -0.25) is 9.59 Å². The molecule has 0 radical (unpaired) electrons. The highest BCUT2D eigenvalue weighted by atomic mass is 32.1. The molecule has 298 valence electrons. The Balaban J connectivity index is 0.000000169. The van der Waals surface area contributed by atoms with Crippen LogP contribution in [0.15, 0.2) is 12.7 Å². The van der Waals surface area contributed by atoms with Crippen molar-refractivity contribution in [3.63, 3.8) is 0 Å². The van der Waals surface area contributed by atoms with Crippen LogP contribution in [0.25, 0.3) is 20.4 Å². The van der Waals surface area contributed by atoms with Crippen LogP contribution in [0.4, 0.5) is 0 Å². The molecule has 55 heavy (non-hydrogen) atoms. The molecule has 2 atom stereocenters. The lowest BCUT2D eigenvalue weighted by Gasteiger charge is -2.32. The zero-order valence-electron chi connectivity index (χ0n) is 32.7. The maximum Gasteiger partial charge on any atom is 0.225 e. The molecule has 4 aliphatic rings. The van der Waals surface area contributed by atoms with E-state index < -0.39 is 0 Å². The average Bonchev–Trinajstić information content (AvgIpc) is 3.77. The van der Waals surface area contributed by atoms with Crippen LogP contribution >= 0.6 is 22.7 Å². The molecule has 0 spiro atoms. The van der Waals surface area contributed by atoms with Gasteiger partial charge in [0.05, 0.1) is 10.8 Å². The number of carbonyl (C=O) groups excluding carboxylic acids is 2. The van der Waals surface area contributed by atoms with Crippen molar-refractivity contribution in [1.82, 2.24) is 30.2 Å². The van der Waals surface area contributed by atoms with Crippen molar-refractivity contribution in [3.8, 4) is 11.8 Å². The van der Waals surface area contributed by atoms with Crippen LogP contribution in [-0.4, -0.2) is 82.1 Å². The molecule has 4 aromatic heterocycles. The van der Waals surface area contributed by atoms with Crippen LogP contribution < -0.4 is 26.3 Å². The van der Waals surface area contributed by atoms with Gasteiger partial charge in [0.25, 0.3) is 0 Å². The van der Waals surface area contributed by atoms with E-state index in [1.165, 1.54) is 20.9 Å². The van der Waals surface area contributed by atoms with Gasteiger partial charge in [-0.1, -0.05) is 0 Å². The van der Waals surface area contributed by atoms with Gasteiger partial charge in [-0.15, -0.1) is 22.7 Å². The summed E-state index contributed by atoms with van der Waals surface area (Å²) in [5, 5.41) is 5.54. The van der Waals surface area contributed by atoms with Gasteiger partial charge in [-0.05, 0) is 147 Å². The fourth-order valence-corrected chi connectivity index (χ4v) is 11.9. The molecule has 2 saturated carbocycles. The largest absolute Gasteiger partial charge is 0.474 e. The topological polar surface area (TPSA) is 171 Å². The van der Waals surface area contributed by atoms with Gasteiger partial charge in [-0.25, -0.2) is 19.9 Å². The summed E-state index contributed by atoms with van der Waals surface area (Å²) in [6.07, 6.45) is 21.6. The molecule has 0 unspecified atom stereocenters. The van der Waals surface area contributed by atoms with Crippen LogP contribution in [0.1, 0.15) is 135 Å². The Bertz CT molecular complexity index is 1930. The number of primary amides is 2. The first-order valence-electron chi connectivity index (χ1n) is 20.4. The summed E-state index contributed by atoms with van der Waals surface area (Å²) in [7, 11) is 6.34. The summed E-state index contributed by atoms with van der Waals surface area (Å²) in [6.45, 7) is 0. The summed E-state index contributed by atoms with van der Waals surface area (Å²) in [5.74, 6) is 1.72. The lowest BCUT2D eigenvalue weighted by atomic mass is 9.83. The maximum absolute atomic E-state index is 11.3. The van der Waals surface area contributed by atoms with Crippen molar-refractivity contribution < 1.29 is 19.1 Å². The van der Waals surface area contributed by atoms with Crippen LogP contribution in [0.2, 0.25) is 0 Å². The van der Waals surface area contributed by atoms with E-state index in [4.69, 9.17) is 20.9 Å². The fourth-order valence-electron chi connectivity index (χ4n) is 9.34. The molecule has 2 amide bonds. The third-order valence-corrected chi connectivity index (χ3v) is 14.7. The number of fused-ring (bicyclic) bond motifs is 6. The molecule has 14 heteroatoms. The summed E-state index contributed by atoms with van der Waals surface area (Å²) in [6, 6.07) is 1.25. The molecule has 4 heterocycles. The van der Waals surface area contributed by atoms with Crippen molar-refractivity contribution in [2.45, 2.75) is 152 Å². The summed E-state index contributed by atoms with van der Waals surface area (Å²) < 4.78 is 12.8. The van der Waals surface area contributed by atoms with E-state index in [9.17, 15) is 9.59 Å². The summed E-state index contributed by atoms with van der Waals surface area (Å²) >= 11 is 3.52. The summed E-state index contributed by atoms with van der Waals surface area (Å²) in [5.41, 5.74) is 13.5. The SMILES string of the molecule is CN(C)C1CCC(Oc2ncnc3sc4c(c23)[C@@H](CCC(N)=O)CCC4)CC1.CNC1CCC(Oc2ncnc3sc4c(c23)[C@@H](CCC(N)=O)CCC4)CC1. The van der Waals surface area contributed by atoms with Crippen LogP contribution in [-0.2, 0) is 22.4 Å². The second-order valence-electron chi connectivity index (χ2n) is 16.2. The second-order valence-corrected chi connectivity index (χ2v) is 18.3. The van der Waals surface area contributed by atoms with E-state index in [1.807, 2.05) is 7.05 Å². The predicted octanol–water partition coefficient (Wildman–Crippen LogP) is 6.91.